The first-order valence-corrected chi connectivity index (χ1v) is 11.3. The Morgan fingerprint density at radius 3 is 2.39 bits per heavy atom. The van der Waals surface area contributed by atoms with Crippen molar-refractivity contribution < 1.29 is 31.6 Å². The van der Waals surface area contributed by atoms with Crippen LogP contribution in [0.15, 0.2) is 52.0 Å². The van der Waals surface area contributed by atoms with Crippen molar-refractivity contribution in [1.82, 2.24) is 15.5 Å². The van der Waals surface area contributed by atoms with Crippen LogP contribution in [-0.4, -0.2) is 71.1 Å². The van der Waals surface area contributed by atoms with Crippen LogP contribution in [0.2, 0.25) is 0 Å². The summed E-state index contributed by atoms with van der Waals surface area (Å²) >= 11 is 0. The molecule has 1 aliphatic heterocycles. The van der Waals surface area contributed by atoms with E-state index in [1.165, 1.54) is 18.4 Å². The van der Waals surface area contributed by atoms with Crippen LogP contribution in [-0.2, 0) is 24.2 Å². The maximum Gasteiger partial charge on any atom is 0.309 e. The van der Waals surface area contributed by atoms with Gasteiger partial charge in [0.1, 0.15) is 16.8 Å². The number of carbonyl (C=O) groups excluding carboxylic acids is 2. The lowest BCUT2D eigenvalue weighted by molar-refractivity contribution is -0.139. The number of carbonyl (C=O) groups is 2. The summed E-state index contributed by atoms with van der Waals surface area (Å²) in [6.45, 7) is 3.25. The lowest BCUT2D eigenvalue weighted by atomic mass is 10.3. The number of rotatable bonds is 8. The van der Waals surface area contributed by atoms with Crippen LogP contribution in [0.25, 0.3) is 0 Å². The maximum absolute atomic E-state index is 13.2. The summed E-state index contributed by atoms with van der Waals surface area (Å²) in [6.07, 6.45) is 1.31. The van der Waals surface area contributed by atoms with Crippen LogP contribution in [0.3, 0.4) is 0 Å². The third kappa shape index (κ3) is 6.12. The number of amides is 2. The first-order chi connectivity index (χ1) is 14.9. The summed E-state index contributed by atoms with van der Waals surface area (Å²) in [5.41, 5.74) is 0. The number of morpholine rings is 1. The Kier molecular flexibility index (Phi) is 7.77. The molecule has 1 aromatic heterocycles. The van der Waals surface area contributed by atoms with Gasteiger partial charge >= 0.3 is 11.8 Å². The molecule has 0 saturated carbocycles. The van der Waals surface area contributed by atoms with E-state index in [2.05, 4.69) is 15.5 Å². The molecular formula is C20H24FN3O6S. The van der Waals surface area contributed by atoms with Crippen LogP contribution in [0.4, 0.5) is 4.39 Å². The van der Waals surface area contributed by atoms with Gasteiger partial charge in [-0.25, -0.2) is 12.8 Å². The average Bonchev–Trinajstić information content (AvgIpc) is 3.29. The van der Waals surface area contributed by atoms with Gasteiger partial charge in [0, 0.05) is 32.7 Å². The fourth-order valence-electron chi connectivity index (χ4n) is 3.12. The van der Waals surface area contributed by atoms with E-state index in [1.807, 2.05) is 0 Å². The number of nitrogens with zero attached hydrogens (tertiary/aromatic N) is 1. The van der Waals surface area contributed by atoms with Gasteiger partial charge in [0.15, 0.2) is 9.84 Å². The third-order valence-electron chi connectivity index (χ3n) is 4.85. The third-order valence-corrected chi connectivity index (χ3v) is 6.93. The molecule has 1 saturated heterocycles. The molecule has 9 nitrogen and oxygen atoms in total. The largest absolute Gasteiger partial charge is 0.468 e. The Bertz CT molecular complexity index is 973. The second-order valence-electron chi connectivity index (χ2n) is 6.92. The lowest BCUT2D eigenvalue weighted by Crippen LogP contribution is -2.46. The SMILES string of the molecule is O=C(NCCN1CCOCC1)C(=O)NC[C@@H](c1ccco1)S(=O)(=O)c1ccc(F)cc1. The molecule has 1 aromatic carbocycles. The zero-order valence-corrected chi connectivity index (χ0v) is 17.6. The molecule has 0 bridgehead atoms. The Morgan fingerprint density at radius 2 is 1.74 bits per heavy atom. The fraction of sp³-hybridized carbons (Fsp3) is 0.400. The predicted octanol–water partition coefficient (Wildman–Crippen LogP) is 0.498. The van der Waals surface area contributed by atoms with Crippen molar-refractivity contribution in [3.8, 4) is 0 Å². The quantitative estimate of drug-likeness (QED) is 0.441. The summed E-state index contributed by atoms with van der Waals surface area (Å²) in [4.78, 5) is 26.2. The number of halogens is 1. The van der Waals surface area contributed by atoms with E-state index in [1.54, 1.807) is 0 Å². The Labute approximate surface area is 179 Å². The second-order valence-corrected chi connectivity index (χ2v) is 9.05. The first-order valence-electron chi connectivity index (χ1n) is 9.77. The molecule has 3 rings (SSSR count). The number of hydrogen-bond acceptors (Lipinski definition) is 7. The van der Waals surface area contributed by atoms with Crippen LogP contribution < -0.4 is 10.6 Å². The lowest BCUT2D eigenvalue weighted by Gasteiger charge is -2.26. The molecule has 0 radical (unpaired) electrons. The van der Waals surface area contributed by atoms with Crippen molar-refractivity contribution in [2.45, 2.75) is 10.1 Å². The average molecular weight is 453 g/mol. The van der Waals surface area contributed by atoms with Crippen LogP contribution >= 0.6 is 0 Å². The highest BCUT2D eigenvalue weighted by Crippen LogP contribution is 2.29. The molecule has 0 aliphatic carbocycles. The van der Waals surface area contributed by atoms with E-state index >= 15 is 0 Å². The molecule has 0 unspecified atom stereocenters. The number of nitrogens with one attached hydrogen (secondary N) is 2. The second kappa shape index (κ2) is 10.5. The zero-order valence-electron chi connectivity index (χ0n) is 16.8. The maximum atomic E-state index is 13.2. The van der Waals surface area contributed by atoms with Gasteiger partial charge in [-0.3, -0.25) is 14.5 Å². The highest BCUT2D eigenvalue weighted by atomic mass is 32.2. The minimum absolute atomic E-state index is 0.0948. The van der Waals surface area contributed by atoms with Gasteiger partial charge in [0.25, 0.3) is 0 Å². The summed E-state index contributed by atoms with van der Waals surface area (Å²) in [7, 11) is -4.02. The highest BCUT2D eigenvalue weighted by molar-refractivity contribution is 7.91. The summed E-state index contributed by atoms with van der Waals surface area (Å²) in [5, 5.41) is 3.59. The van der Waals surface area contributed by atoms with Gasteiger partial charge in [-0.15, -0.1) is 0 Å². The summed E-state index contributed by atoms with van der Waals surface area (Å²) in [5.74, 6) is -2.29. The van der Waals surface area contributed by atoms with Crippen molar-refractivity contribution in [2.24, 2.45) is 0 Å². The smallest absolute Gasteiger partial charge is 0.309 e. The Balaban J connectivity index is 1.59. The molecule has 1 aliphatic rings. The summed E-state index contributed by atoms with van der Waals surface area (Å²) < 4.78 is 49.7. The molecule has 2 amide bonds. The number of ether oxygens (including phenoxy) is 1. The molecule has 168 valence electrons. The number of sulfone groups is 1. The molecule has 1 fully saturated rings. The zero-order chi connectivity index (χ0) is 22.3. The van der Waals surface area contributed by atoms with E-state index < -0.39 is 32.7 Å². The molecule has 0 spiro atoms. The van der Waals surface area contributed by atoms with Crippen molar-refractivity contribution >= 4 is 21.7 Å². The summed E-state index contributed by atoms with van der Waals surface area (Å²) in [6, 6.07) is 7.32. The van der Waals surface area contributed by atoms with Gasteiger partial charge in [-0.2, -0.15) is 0 Å². The minimum atomic E-state index is -4.02. The van der Waals surface area contributed by atoms with Gasteiger partial charge in [-0.05, 0) is 36.4 Å². The van der Waals surface area contributed by atoms with Gasteiger partial charge in [0.05, 0.1) is 24.4 Å². The highest BCUT2D eigenvalue weighted by Gasteiger charge is 2.32. The molecule has 2 heterocycles. The van der Waals surface area contributed by atoms with E-state index in [0.717, 1.165) is 37.4 Å². The van der Waals surface area contributed by atoms with Gasteiger partial charge < -0.3 is 19.8 Å². The monoisotopic (exact) mass is 453 g/mol. The van der Waals surface area contributed by atoms with Gasteiger partial charge in [0.2, 0.25) is 0 Å². The molecule has 11 heteroatoms. The Morgan fingerprint density at radius 1 is 1.06 bits per heavy atom. The molecular weight excluding hydrogens is 429 g/mol. The molecule has 2 aromatic rings. The van der Waals surface area contributed by atoms with E-state index in [4.69, 9.17) is 9.15 Å². The van der Waals surface area contributed by atoms with Crippen molar-refractivity contribution in [3.63, 3.8) is 0 Å². The van der Waals surface area contributed by atoms with Crippen molar-refractivity contribution in [1.29, 1.82) is 0 Å². The number of furan rings is 1. The van der Waals surface area contributed by atoms with E-state index in [9.17, 15) is 22.4 Å². The first kappa shape index (κ1) is 22.9. The molecule has 2 N–H and O–H groups in total. The number of hydrogen-bond donors (Lipinski definition) is 2. The van der Waals surface area contributed by atoms with Crippen LogP contribution in [0, 0.1) is 5.82 Å². The molecule has 31 heavy (non-hydrogen) atoms. The molecule has 1 atom stereocenters. The van der Waals surface area contributed by atoms with Gasteiger partial charge in [-0.1, -0.05) is 0 Å². The topological polar surface area (TPSA) is 118 Å². The fourth-order valence-corrected chi connectivity index (χ4v) is 4.71. The Hall–Kier alpha value is -2.76. The standard InChI is InChI=1S/C20H24FN3O6S/c21-15-3-5-16(6-4-15)31(27,28)18(17-2-1-11-30-17)14-23-20(26)19(25)22-7-8-24-9-12-29-13-10-24/h1-6,11,18H,7-10,12-14H2,(H,22,25)(H,23,26)/t18-/m0/s1. The van der Waals surface area contributed by atoms with E-state index in [0.29, 0.717) is 19.8 Å². The van der Waals surface area contributed by atoms with Crippen LogP contribution in [0.1, 0.15) is 11.0 Å². The number of benzene rings is 1. The predicted molar refractivity (Wildman–Crippen MR) is 108 cm³/mol. The minimum Gasteiger partial charge on any atom is -0.468 e. The van der Waals surface area contributed by atoms with E-state index in [-0.39, 0.29) is 23.7 Å². The van der Waals surface area contributed by atoms with Crippen molar-refractivity contribution in [2.75, 3.05) is 45.9 Å². The van der Waals surface area contributed by atoms with Crippen LogP contribution in [0.5, 0.6) is 0 Å². The normalized spacial score (nSPS) is 15.9. The van der Waals surface area contributed by atoms with Crippen molar-refractivity contribution in [3.05, 3.63) is 54.2 Å².